The topological polar surface area (TPSA) is 61.8 Å². The van der Waals surface area contributed by atoms with Gasteiger partial charge in [-0.3, -0.25) is 4.79 Å². The first-order valence-corrected chi connectivity index (χ1v) is 14.0. The first-order chi connectivity index (χ1) is 17.9. The van der Waals surface area contributed by atoms with E-state index in [-0.39, 0.29) is 23.5 Å². The number of carbonyl (C=O) groups excluding carboxylic acids is 2. The third kappa shape index (κ3) is 5.15. The molecule has 0 saturated heterocycles. The molecule has 0 aromatic heterocycles. The van der Waals surface area contributed by atoms with E-state index in [1.165, 1.54) is 37.5 Å². The smallest absolute Gasteiger partial charge is 0.337 e. The number of aryl methyl sites for hydroxylation is 1. The van der Waals surface area contributed by atoms with Crippen LogP contribution >= 0.6 is 0 Å². The predicted molar refractivity (Wildman–Crippen MR) is 143 cm³/mol. The molecule has 0 bridgehead atoms. The number of fused-ring (bicyclic) bond motifs is 5. The van der Waals surface area contributed by atoms with Gasteiger partial charge in [0.05, 0.1) is 12.7 Å². The molecule has 2 aromatic carbocycles. The maximum atomic E-state index is 12.4. The summed E-state index contributed by atoms with van der Waals surface area (Å²) in [7, 11) is 1.39. The van der Waals surface area contributed by atoms with Crippen LogP contribution in [-0.2, 0) is 27.3 Å². The summed E-state index contributed by atoms with van der Waals surface area (Å²) in [6, 6.07) is 14.0. The van der Waals surface area contributed by atoms with Crippen molar-refractivity contribution < 1.29 is 23.8 Å². The standard InChI is InChI=1S/C32H40O5/c1-4-5-6-30(33)37-29-16-15-28-27-13-11-23-19-24(12-14-25(23)26(27)17-18-32(28,29)2)36-20-21-7-9-22(10-8-21)31(34)35-3/h7-10,12,14,19,26-29H,4-6,11,13,15-18,20H2,1-3H3/t26-,27+,28-,29+,32-/m0/s1. The second-order valence-electron chi connectivity index (χ2n) is 11.5. The summed E-state index contributed by atoms with van der Waals surface area (Å²) in [5.41, 5.74) is 4.59. The lowest BCUT2D eigenvalue weighted by atomic mass is 9.55. The molecule has 0 spiro atoms. The van der Waals surface area contributed by atoms with E-state index in [1.54, 1.807) is 12.1 Å². The molecule has 3 aliphatic rings. The van der Waals surface area contributed by atoms with Crippen LogP contribution < -0.4 is 4.74 Å². The lowest BCUT2D eigenvalue weighted by Gasteiger charge is -2.50. The molecule has 5 heteroatoms. The number of unbranched alkanes of at least 4 members (excludes halogenated alkanes) is 1. The Morgan fingerprint density at radius 1 is 1.03 bits per heavy atom. The van der Waals surface area contributed by atoms with Crippen LogP contribution in [0, 0.1) is 17.3 Å². The van der Waals surface area contributed by atoms with Crippen molar-refractivity contribution in [1.82, 2.24) is 0 Å². The summed E-state index contributed by atoms with van der Waals surface area (Å²) in [6.45, 7) is 4.97. The number of carbonyl (C=O) groups is 2. The van der Waals surface area contributed by atoms with Gasteiger partial charge in [0.15, 0.2) is 0 Å². The van der Waals surface area contributed by atoms with Gasteiger partial charge in [0.1, 0.15) is 18.5 Å². The Labute approximate surface area is 220 Å². The van der Waals surface area contributed by atoms with E-state index < -0.39 is 0 Å². The molecule has 3 aliphatic carbocycles. The average Bonchev–Trinajstić information content (AvgIpc) is 3.26. The lowest BCUT2D eigenvalue weighted by Crippen LogP contribution is -2.45. The number of esters is 2. The van der Waals surface area contributed by atoms with Crippen molar-refractivity contribution >= 4 is 11.9 Å². The van der Waals surface area contributed by atoms with Gasteiger partial charge in [0.2, 0.25) is 0 Å². The number of ether oxygens (including phenoxy) is 3. The van der Waals surface area contributed by atoms with E-state index >= 15 is 0 Å². The molecule has 5 atom stereocenters. The normalized spacial score (nSPS) is 28.0. The Morgan fingerprint density at radius 2 is 1.84 bits per heavy atom. The number of hydrogen-bond acceptors (Lipinski definition) is 5. The molecular weight excluding hydrogens is 464 g/mol. The van der Waals surface area contributed by atoms with Gasteiger partial charge in [-0.05, 0) is 104 Å². The first kappa shape index (κ1) is 25.8. The maximum absolute atomic E-state index is 12.4. The van der Waals surface area contributed by atoms with Crippen molar-refractivity contribution in [2.75, 3.05) is 7.11 Å². The van der Waals surface area contributed by atoms with Crippen molar-refractivity contribution in [3.05, 3.63) is 64.7 Å². The Hall–Kier alpha value is -2.82. The van der Waals surface area contributed by atoms with E-state index in [9.17, 15) is 9.59 Å². The quantitative estimate of drug-likeness (QED) is 0.362. The highest BCUT2D eigenvalue weighted by Gasteiger charge is 2.56. The Bertz CT molecular complexity index is 1120. The highest BCUT2D eigenvalue weighted by Crippen LogP contribution is 2.61. The van der Waals surface area contributed by atoms with Crippen LogP contribution in [0.2, 0.25) is 0 Å². The van der Waals surface area contributed by atoms with Crippen LogP contribution in [0.5, 0.6) is 5.75 Å². The second-order valence-corrected chi connectivity index (χ2v) is 11.5. The maximum Gasteiger partial charge on any atom is 0.337 e. The third-order valence-corrected chi connectivity index (χ3v) is 9.40. The van der Waals surface area contributed by atoms with Gasteiger partial charge < -0.3 is 14.2 Å². The molecule has 2 aromatic rings. The summed E-state index contributed by atoms with van der Waals surface area (Å²) in [5, 5.41) is 0. The van der Waals surface area contributed by atoms with Gasteiger partial charge in [-0.25, -0.2) is 4.79 Å². The molecule has 37 heavy (non-hydrogen) atoms. The molecule has 2 fully saturated rings. The minimum Gasteiger partial charge on any atom is -0.489 e. The average molecular weight is 505 g/mol. The van der Waals surface area contributed by atoms with Crippen molar-refractivity contribution in [2.45, 2.75) is 90.3 Å². The molecule has 0 aliphatic heterocycles. The van der Waals surface area contributed by atoms with Crippen molar-refractivity contribution in [3.63, 3.8) is 0 Å². The summed E-state index contributed by atoms with van der Waals surface area (Å²) in [4.78, 5) is 24.0. The van der Waals surface area contributed by atoms with Gasteiger partial charge >= 0.3 is 11.9 Å². The van der Waals surface area contributed by atoms with Gasteiger partial charge in [-0.1, -0.05) is 38.5 Å². The molecule has 0 radical (unpaired) electrons. The van der Waals surface area contributed by atoms with Crippen molar-refractivity contribution in [2.24, 2.45) is 17.3 Å². The van der Waals surface area contributed by atoms with Crippen molar-refractivity contribution in [1.29, 1.82) is 0 Å². The fraction of sp³-hybridized carbons (Fsp3) is 0.562. The van der Waals surface area contributed by atoms with Gasteiger partial charge in [0, 0.05) is 11.8 Å². The Morgan fingerprint density at radius 3 is 2.59 bits per heavy atom. The van der Waals surface area contributed by atoms with E-state index in [2.05, 4.69) is 32.0 Å². The third-order valence-electron chi connectivity index (χ3n) is 9.40. The SMILES string of the molecule is CCCCC(=O)O[C@@H]1CC[C@H]2[C@@H]3CCc4cc(OCc5ccc(C(=O)OC)cc5)ccc4[C@@H]3CC[C@]12C. The predicted octanol–water partition coefficient (Wildman–Crippen LogP) is 7.01. The van der Waals surface area contributed by atoms with Crippen LogP contribution in [0.3, 0.4) is 0 Å². The van der Waals surface area contributed by atoms with E-state index in [0.29, 0.717) is 36.3 Å². The fourth-order valence-electron chi connectivity index (χ4n) is 7.35. The van der Waals surface area contributed by atoms with E-state index in [4.69, 9.17) is 14.2 Å². The molecule has 0 N–H and O–H groups in total. The zero-order valence-electron chi connectivity index (χ0n) is 22.5. The zero-order valence-corrected chi connectivity index (χ0v) is 22.5. The monoisotopic (exact) mass is 504 g/mol. The van der Waals surface area contributed by atoms with E-state index in [0.717, 1.165) is 43.4 Å². The summed E-state index contributed by atoms with van der Waals surface area (Å²) in [6.07, 6.45) is 9.35. The highest BCUT2D eigenvalue weighted by atomic mass is 16.5. The molecule has 0 amide bonds. The van der Waals surface area contributed by atoms with Gasteiger partial charge in [-0.15, -0.1) is 0 Å². The number of benzene rings is 2. The minimum absolute atomic E-state index is 0.00299. The largest absolute Gasteiger partial charge is 0.489 e. The lowest BCUT2D eigenvalue weighted by molar-refractivity contribution is -0.157. The van der Waals surface area contributed by atoms with Crippen molar-refractivity contribution in [3.8, 4) is 5.75 Å². The van der Waals surface area contributed by atoms with Crippen LogP contribution in [0.15, 0.2) is 42.5 Å². The minimum atomic E-state index is -0.329. The summed E-state index contributed by atoms with van der Waals surface area (Å²) in [5.74, 6) is 2.46. The van der Waals surface area contributed by atoms with E-state index in [1.807, 2.05) is 12.1 Å². The first-order valence-electron chi connectivity index (χ1n) is 14.0. The molecule has 5 rings (SSSR count). The number of methoxy groups -OCH3 is 1. The molecule has 0 heterocycles. The highest BCUT2D eigenvalue weighted by molar-refractivity contribution is 5.89. The molecule has 5 nitrogen and oxygen atoms in total. The second kappa shape index (κ2) is 10.9. The van der Waals surface area contributed by atoms with Crippen LogP contribution in [0.25, 0.3) is 0 Å². The Balaban J connectivity index is 1.23. The van der Waals surface area contributed by atoms with Gasteiger partial charge in [-0.2, -0.15) is 0 Å². The van der Waals surface area contributed by atoms with Crippen LogP contribution in [0.1, 0.15) is 98.2 Å². The molecule has 0 unspecified atom stereocenters. The summed E-state index contributed by atoms with van der Waals surface area (Å²) < 4.78 is 16.9. The number of rotatable bonds is 8. The molecule has 2 saturated carbocycles. The van der Waals surface area contributed by atoms with Crippen LogP contribution in [0.4, 0.5) is 0 Å². The fourth-order valence-corrected chi connectivity index (χ4v) is 7.35. The summed E-state index contributed by atoms with van der Waals surface area (Å²) >= 11 is 0. The Kier molecular flexibility index (Phi) is 7.60. The van der Waals surface area contributed by atoms with Crippen LogP contribution in [-0.4, -0.2) is 25.2 Å². The molecular formula is C32H40O5. The zero-order chi connectivity index (χ0) is 26.0. The molecule has 198 valence electrons. The van der Waals surface area contributed by atoms with Gasteiger partial charge in [0.25, 0.3) is 0 Å². The number of hydrogen-bond donors (Lipinski definition) is 0.